The van der Waals surface area contributed by atoms with Crippen LogP contribution < -0.4 is 18.9 Å². The van der Waals surface area contributed by atoms with Crippen molar-refractivity contribution in [2.75, 3.05) is 14.2 Å². The molecule has 0 spiro atoms. The molecule has 3 aromatic carbocycles. The molecule has 3 aromatic rings. The van der Waals surface area contributed by atoms with Gasteiger partial charge in [-0.3, -0.25) is 4.79 Å². The summed E-state index contributed by atoms with van der Waals surface area (Å²) >= 11 is 3.33. The number of allylic oxidation sites excluding steroid dienone is 1. The van der Waals surface area contributed by atoms with Crippen molar-refractivity contribution in [2.45, 2.75) is 0 Å². The van der Waals surface area contributed by atoms with E-state index in [-0.39, 0.29) is 17.3 Å². The molecule has 0 radical (unpaired) electrons. The fourth-order valence-electron chi connectivity index (χ4n) is 3.11. The average molecular weight is 481 g/mol. The van der Waals surface area contributed by atoms with Gasteiger partial charge < -0.3 is 18.9 Å². The number of hydrogen-bond acceptors (Lipinski definition) is 6. The predicted octanol–water partition coefficient (Wildman–Crippen LogP) is 5.30. The van der Waals surface area contributed by atoms with Crippen LogP contribution >= 0.6 is 15.9 Å². The summed E-state index contributed by atoms with van der Waals surface area (Å²) in [6.45, 7) is 0. The van der Waals surface area contributed by atoms with E-state index >= 15 is 0 Å². The predicted molar refractivity (Wildman–Crippen MR) is 118 cm³/mol. The molecule has 6 nitrogen and oxygen atoms in total. The molecule has 0 amide bonds. The van der Waals surface area contributed by atoms with Gasteiger partial charge in [0.15, 0.2) is 17.3 Å². The van der Waals surface area contributed by atoms with E-state index in [1.165, 1.54) is 6.07 Å². The summed E-state index contributed by atoms with van der Waals surface area (Å²) in [4.78, 5) is 25.1. The van der Waals surface area contributed by atoms with Gasteiger partial charge in [0.25, 0.3) is 0 Å². The number of ketones is 1. The molecule has 4 rings (SSSR count). The van der Waals surface area contributed by atoms with Crippen molar-refractivity contribution in [2.24, 2.45) is 0 Å². The van der Waals surface area contributed by atoms with Crippen LogP contribution in [-0.2, 0) is 0 Å². The Hall–Kier alpha value is -3.58. The van der Waals surface area contributed by atoms with E-state index in [0.717, 1.165) is 5.56 Å². The van der Waals surface area contributed by atoms with Crippen molar-refractivity contribution in [1.29, 1.82) is 0 Å². The van der Waals surface area contributed by atoms with Gasteiger partial charge >= 0.3 is 5.97 Å². The van der Waals surface area contributed by atoms with Crippen LogP contribution in [0.3, 0.4) is 0 Å². The Bertz CT molecular complexity index is 1210. The molecule has 0 aliphatic carbocycles. The van der Waals surface area contributed by atoms with Gasteiger partial charge in [0, 0.05) is 10.5 Å². The summed E-state index contributed by atoms with van der Waals surface area (Å²) in [6.07, 6.45) is 1.62. The van der Waals surface area contributed by atoms with E-state index in [0.29, 0.717) is 32.8 Å². The van der Waals surface area contributed by atoms with Crippen LogP contribution in [0.15, 0.2) is 70.9 Å². The lowest BCUT2D eigenvalue weighted by atomic mass is 10.1. The molecule has 1 heterocycles. The van der Waals surface area contributed by atoms with Gasteiger partial charge in [-0.2, -0.15) is 0 Å². The number of esters is 1. The first-order chi connectivity index (χ1) is 15.0. The molecule has 0 fully saturated rings. The molecule has 0 atom stereocenters. The number of methoxy groups -OCH3 is 2. The number of Topliss-reactive ketones (excluding diaryl/α,β-unsaturated/α-hetero) is 1. The smallest absolute Gasteiger partial charge is 0.344 e. The lowest BCUT2D eigenvalue weighted by molar-refractivity contribution is 0.0733. The van der Waals surface area contributed by atoms with Crippen molar-refractivity contribution in [3.63, 3.8) is 0 Å². The van der Waals surface area contributed by atoms with E-state index < -0.39 is 5.97 Å². The Labute approximate surface area is 187 Å². The van der Waals surface area contributed by atoms with E-state index in [1.807, 2.05) is 6.07 Å². The molecule has 1 aliphatic heterocycles. The number of fused-ring (bicyclic) bond motifs is 1. The molecule has 1 aliphatic rings. The highest BCUT2D eigenvalue weighted by Crippen LogP contribution is 2.36. The summed E-state index contributed by atoms with van der Waals surface area (Å²) in [7, 11) is 3.09. The maximum Gasteiger partial charge on any atom is 0.344 e. The second-order valence-corrected chi connectivity index (χ2v) is 7.44. The van der Waals surface area contributed by atoms with Crippen LogP contribution in [0.25, 0.3) is 6.08 Å². The zero-order chi connectivity index (χ0) is 22.0. The summed E-state index contributed by atoms with van der Waals surface area (Å²) < 4.78 is 22.3. The maximum absolute atomic E-state index is 12.7. The molecule has 0 saturated carbocycles. The van der Waals surface area contributed by atoms with Crippen molar-refractivity contribution < 1.29 is 28.5 Å². The maximum atomic E-state index is 12.7. The van der Waals surface area contributed by atoms with E-state index in [9.17, 15) is 9.59 Å². The second kappa shape index (κ2) is 8.65. The molecule has 0 saturated heterocycles. The van der Waals surface area contributed by atoms with Gasteiger partial charge in [-0.25, -0.2) is 4.79 Å². The standard InChI is InChI=1S/C24H17BrO6/c1-28-19-10-7-14(11-21(19)29-2)12-22-23(26)17-9-8-15(13-20(17)31-22)30-24(27)16-5-3-4-6-18(16)25/h3-13H,1-2H3/b22-12-. The highest BCUT2D eigenvalue weighted by Gasteiger charge is 2.28. The first-order valence-electron chi connectivity index (χ1n) is 9.27. The molecule has 0 N–H and O–H groups in total. The number of carbonyl (C=O) groups is 2. The topological polar surface area (TPSA) is 71.1 Å². The summed E-state index contributed by atoms with van der Waals surface area (Å²) in [5, 5.41) is 0. The van der Waals surface area contributed by atoms with Gasteiger partial charge in [0.2, 0.25) is 5.78 Å². The average Bonchev–Trinajstić information content (AvgIpc) is 3.08. The van der Waals surface area contributed by atoms with Crippen molar-refractivity contribution in [3.8, 4) is 23.0 Å². The molecular formula is C24H17BrO6. The highest BCUT2D eigenvalue weighted by atomic mass is 79.9. The number of hydrogen-bond donors (Lipinski definition) is 0. The minimum Gasteiger partial charge on any atom is -0.493 e. The number of carbonyl (C=O) groups excluding carboxylic acids is 2. The first-order valence-corrected chi connectivity index (χ1v) is 10.1. The highest BCUT2D eigenvalue weighted by molar-refractivity contribution is 9.10. The van der Waals surface area contributed by atoms with Crippen molar-refractivity contribution in [1.82, 2.24) is 0 Å². The lowest BCUT2D eigenvalue weighted by Crippen LogP contribution is -2.09. The van der Waals surface area contributed by atoms with Crippen LogP contribution in [0.2, 0.25) is 0 Å². The number of ether oxygens (including phenoxy) is 4. The van der Waals surface area contributed by atoms with Gasteiger partial charge in [-0.15, -0.1) is 0 Å². The summed E-state index contributed by atoms with van der Waals surface area (Å²) in [5.41, 5.74) is 1.51. The normalized spacial score (nSPS) is 13.5. The third-order valence-corrected chi connectivity index (χ3v) is 5.34. The molecule has 0 unspecified atom stereocenters. The van der Waals surface area contributed by atoms with Crippen molar-refractivity contribution >= 4 is 33.8 Å². The van der Waals surface area contributed by atoms with Crippen LogP contribution in [0.1, 0.15) is 26.3 Å². The number of halogens is 1. The fourth-order valence-corrected chi connectivity index (χ4v) is 3.56. The summed E-state index contributed by atoms with van der Waals surface area (Å²) in [6, 6.07) is 16.9. The van der Waals surface area contributed by atoms with Crippen LogP contribution in [0.4, 0.5) is 0 Å². The molecule has 7 heteroatoms. The SMILES string of the molecule is COc1ccc(/C=C2\Oc3cc(OC(=O)c4ccccc4Br)ccc3C2=O)cc1OC. The molecule has 31 heavy (non-hydrogen) atoms. The van der Waals surface area contributed by atoms with E-state index in [4.69, 9.17) is 18.9 Å². The summed E-state index contributed by atoms with van der Waals surface area (Å²) in [5.74, 6) is 1.13. The Balaban J connectivity index is 1.56. The van der Waals surface area contributed by atoms with Crippen LogP contribution in [-0.4, -0.2) is 26.0 Å². The molecular weight excluding hydrogens is 464 g/mol. The largest absolute Gasteiger partial charge is 0.493 e. The third-order valence-electron chi connectivity index (χ3n) is 4.65. The minimum atomic E-state index is -0.516. The zero-order valence-corrected chi connectivity index (χ0v) is 18.3. The molecule has 156 valence electrons. The zero-order valence-electron chi connectivity index (χ0n) is 16.7. The van der Waals surface area contributed by atoms with Gasteiger partial charge in [-0.05, 0) is 64.0 Å². The quantitative estimate of drug-likeness (QED) is 0.280. The first kappa shape index (κ1) is 20.7. The van der Waals surface area contributed by atoms with Gasteiger partial charge in [0.1, 0.15) is 11.5 Å². The molecule has 0 aromatic heterocycles. The van der Waals surface area contributed by atoms with Crippen LogP contribution in [0.5, 0.6) is 23.0 Å². The van der Waals surface area contributed by atoms with Crippen molar-refractivity contribution in [3.05, 3.63) is 87.6 Å². The Morgan fingerprint density at radius 3 is 2.48 bits per heavy atom. The second-order valence-electron chi connectivity index (χ2n) is 6.58. The monoisotopic (exact) mass is 480 g/mol. The van der Waals surface area contributed by atoms with E-state index in [2.05, 4.69) is 15.9 Å². The third kappa shape index (κ3) is 4.18. The minimum absolute atomic E-state index is 0.163. The number of rotatable bonds is 5. The Morgan fingerprint density at radius 2 is 1.74 bits per heavy atom. The molecule has 0 bridgehead atoms. The van der Waals surface area contributed by atoms with E-state index in [1.54, 1.807) is 68.8 Å². The van der Waals surface area contributed by atoms with Gasteiger partial charge in [0.05, 0.1) is 25.3 Å². The van der Waals surface area contributed by atoms with Gasteiger partial charge in [-0.1, -0.05) is 18.2 Å². The Morgan fingerprint density at radius 1 is 0.968 bits per heavy atom. The Kier molecular flexibility index (Phi) is 5.77. The van der Waals surface area contributed by atoms with Crippen LogP contribution in [0, 0.1) is 0 Å². The number of benzene rings is 3. The lowest BCUT2D eigenvalue weighted by Gasteiger charge is -2.08. The fraction of sp³-hybridized carbons (Fsp3) is 0.0833.